The van der Waals surface area contributed by atoms with E-state index in [0.717, 1.165) is 18.2 Å². The lowest BCUT2D eigenvalue weighted by atomic mass is 9.98. The Labute approximate surface area is 206 Å². The van der Waals surface area contributed by atoms with E-state index in [0.29, 0.717) is 36.5 Å². The fourth-order valence-electron chi connectivity index (χ4n) is 4.16. The van der Waals surface area contributed by atoms with Crippen LogP contribution in [0.3, 0.4) is 0 Å². The van der Waals surface area contributed by atoms with Gasteiger partial charge in [0.2, 0.25) is 5.28 Å². The van der Waals surface area contributed by atoms with Gasteiger partial charge in [-0.25, -0.2) is 14.2 Å². The molecule has 176 valence electrons. The number of amides is 1. The average molecular weight is 514 g/mol. The smallest absolute Gasteiger partial charge is 0.410 e. The van der Waals surface area contributed by atoms with E-state index < -0.39 is 11.4 Å². The summed E-state index contributed by atoms with van der Waals surface area (Å²) >= 11 is 18.9. The number of hydrogen-bond donors (Lipinski definition) is 0. The monoisotopic (exact) mass is 512 g/mol. The van der Waals surface area contributed by atoms with Gasteiger partial charge in [0.15, 0.2) is 0 Å². The normalized spacial score (nSPS) is 16.9. The van der Waals surface area contributed by atoms with Gasteiger partial charge in [0.1, 0.15) is 17.1 Å². The number of piperidine rings is 1. The number of likely N-dealkylation sites (tertiary alicyclic amines) is 1. The highest BCUT2D eigenvalue weighted by Crippen LogP contribution is 2.39. The lowest BCUT2D eigenvalue weighted by molar-refractivity contribution is 0.0158. The third kappa shape index (κ3) is 5.36. The van der Waals surface area contributed by atoms with E-state index in [-0.39, 0.29) is 27.3 Å². The van der Waals surface area contributed by atoms with Crippen LogP contribution in [-0.4, -0.2) is 44.2 Å². The average Bonchev–Trinajstić information content (AvgIpc) is 3.03. The lowest BCUT2D eigenvalue weighted by Gasteiger charge is -2.34. The maximum atomic E-state index is 13.8. The predicted octanol–water partition coefficient (Wildman–Crippen LogP) is 6.84. The minimum Gasteiger partial charge on any atom is -0.444 e. The molecule has 1 aromatic carbocycles. The van der Waals surface area contributed by atoms with Crippen molar-refractivity contribution in [1.29, 1.82) is 0 Å². The van der Waals surface area contributed by atoms with Gasteiger partial charge < -0.3 is 14.2 Å². The standard InChI is InChI=1S/C23H24Cl3FN4O2/c1-23(2,3)33-22(32)30-6-4-5-13(11-30)12-31-18(7-14-10-28-21(26)29-20(14)31)19-16(24)8-15(27)9-17(19)25/h7-10,13H,4-6,11-12H2,1-3H3/t13-/m1/s1. The molecule has 1 fully saturated rings. The van der Waals surface area contributed by atoms with Crippen molar-refractivity contribution in [3.8, 4) is 11.3 Å². The van der Waals surface area contributed by atoms with E-state index in [4.69, 9.17) is 39.5 Å². The van der Waals surface area contributed by atoms with Crippen LogP contribution in [0.25, 0.3) is 22.3 Å². The number of fused-ring (bicyclic) bond motifs is 1. The molecule has 10 heteroatoms. The summed E-state index contributed by atoms with van der Waals surface area (Å²) in [5.41, 5.74) is 1.26. The Morgan fingerprint density at radius 2 is 1.91 bits per heavy atom. The van der Waals surface area contributed by atoms with Crippen LogP contribution < -0.4 is 0 Å². The highest BCUT2D eigenvalue weighted by atomic mass is 35.5. The Bertz CT molecular complexity index is 1190. The first-order valence-electron chi connectivity index (χ1n) is 10.7. The highest BCUT2D eigenvalue weighted by molar-refractivity contribution is 6.39. The van der Waals surface area contributed by atoms with E-state index >= 15 is 0 Å². The molecule has 2 aromatic heterocycles. The molecule has 1 aliphatic rings. The van der Waals surface area contributed by atoms with Gasteiger partial charge in [-0.2, -0.15) is 4.98 Å². The Morgan fingerprint density at radius 1 is 1.21 bits per heavy atom. The summed E-state index contributed by atoms with van der Waals surface area (Å²) in [6.45, 7) is 7.28. The molecule has 1 atom stereocenters. The fraction of sp³-hybridized carbons (Fsp3) is 0.435. The van der Waals surface area contributed by atoms with Gasteiger partial charge in [0.05, 0.1) is 15.7 Å². The van der Waals surface area contributed by atoms with Crippen molar-refractivity contribution < 1.29 is 13.9 Å². The molecule has 0 aliphatic carbocycles. The number of halogens is 4. The number of benzene rings is 1. The van der Waals surface area contributed by atoms with Gasteiger partial charge in [-0.05, 0) is 69.3 Å². The summed E-state index contributed by atoms with van der Waals surface area (Å²) in [5.74, 6) is -0.383. The Hall–Kier alpha value is -2.09. The van der Waals surface area contributed by atoms with E-state index in [1.165, 1.54) is 12.1 Å². The molecule has 1 aliphatic heterocycles. The van der Waals surface area contributed by atoms with Gasteiger partial charge in [-0.3, -0.25) is 0 Å². The Balaban J connectivity index is 1.71. The second kappa shape index (κ2) is 9.28. The minimum absolute atomic E-state index is 0.115. The number of rotatable bonds is 3. The molecule has 1 saturated heterocycles. The van der Waals surface area contributed by atoms with Crippen molar-refractivity contribution in [3.63, 3.8) is 0 Å². The molecule has 0 saturated carbocycles. The number of hydrogen-bond acceptors (Lipinski definition) is 4. The van der Waals surface area contributed by atoms with E-state index in [1.807, 2.05) is 31.4 Å². The SMILES string of the molecule is CC(C)(C)OC(=O)N1CCC[C@@H](Cn2c(-c3c(Cl)cc(F)cc3Cl)cc3cnc(Cl)nc32)C1. The molecule has 6 nitrogen and oxygen atoms in total. The summed E-state index contributed by atoms with van der Waals surface area (Å²) in [6, 6.07) is 4.33. The molecule has 3 heterocycles. The minimum atomic E-state index is -0.558. The third-order valence-electron chi connectivity index (χ3n) is 5.48. The zero-order chi connectivity index (χ0) is 23.9. The Morgan fingerprint density at radius 3 is 2.58 bits per heavy atom. The van der Waals surface area contributed by atoms with Gasteiger partial charge in [-0.1, -0.05) is 23.2 Å². The maximum absolute atomic E-state index is 13.8. The van der Waals surface area contributed by atoms with Gasteiger partial charge in [0, 0.05) is 36.8 Å². The van der Waals surface area contributed by atoms with Crippen molar-refractivity contribution in [2.45, 2.75) is 45.8 Å². The molecular weight excluding hydrogens is 490 g/mol. The summed E-state index contributed by atoms with van der Waals surface area (Å²) in [7, 11) is 0. The van der Waals surface area contributed by atoms with Crippen LogP contribution in [0.5, 0.6) is 0 Å². The van der Waals surface area contributed by atoms with Gasteiger partial charge in [0.25, 0.3) is 0 Å². The first-order chi connectivity index (χ1) is 15.5. The summed E-state index contributed by atoms with van der Waals surface area (Å²) in [5, 5.41) is 1.26. The molecule has 0 N–H and O–H groups in total. The van der Waals surface area contributed by atoms with Crippen LogP contribution >= 0.6 is 34.8 Å². The van der Waals surface area contributed by atoms with Crippen molar-refractivity contribution in [2.24, 2.45) is 5.92 Å². The first kappa shape index (κ1) is 24.0. The second-order valence-electron chi connectivity index (χ2n) is 9.24. The summed E-state index contributed by atoms with van der Waals surface area (Å²) < 4.78 is 21.3. The third-order valence-corrected chi connectivity index (χ3v) is 6.26. The largest absolute Gasteiger partial charge is 0.444 e. The summed E-state index contributed by atoms with van der Waals surface area (Å²) in [4.78, 5) is 22.9. The molecule has 0 spiro atoms. The molecule has 33 heavy (non-hydrogen) atoms. The first-order valence-corrected chi connectivity index (χ1v) is 11.8. The van der Waals surface area contributed by atoms with Crippen LogP contribution in [0.4, 0.5) is 9.18 Å². The molecule has 1 amide bonds. The van der Waals surface area contributed by atoms with Gasteiger partial charge in [-0.15, -0.1) is 0 Å². The quantitative estimate of drug-likeness (QED) is 0.360. The maximum Gasteiger partial charge on any atom is 0.410 e. The molecule has 3 aromatic rings. The van der Waals surface area contributed by atoms with E-state index in [2.05, 4.69) is 9.97 Å². The highest BCUT2D eigenvalue weighted by Gasteiger charge is 2.29. The van der Waals surface area contributed by atoms with Crippen LogP contribution in [0.2, 0.25) is 15.3 Å². The van der Waals surface area contributed by atoms with Crippen LogP contribution in [-0.2, 0) is 11.3 Å². The zero-order valence-corrected chi connectivity index (χ0v) is 20.8. The van der Waals surface area contributed by atoms with E-state index in [1.54, 1.807) is 11.1 Å². The van der Waals surface area contributed by atoms with Crippen LogP contribution in [0, 0.1) is 11.7 Å². The predicted molar refractivity (Wildman–Crippen MR) is 128 cm³/mol. The van der Waals surface area contributed by atoms with Crippen molar-refractivity contribution in [2.75, 3.05) is 13.1 Å². The number of carbonyl (C=O) groups is 1. The molecular formula is C23H24Cl3FN4O2. The van der Waals surface area contributed by atoms with Gasteiger partial charge >= 0.3 is 6.09 Å². The van der Waals surface area contributed by atoms with Crippen molar-refractivity contribution in [1.82, 2.24) is 19.4 Å². The number of carbonyl (C=O) groups excluding carboxylic acids is 1. The fourth-order valence-corrected chi connectivity index (χ4v) is 4.95. The second-order valence-corrected chi connectivity index (χ2v) is 10.4. The van der Waals surface area contributed by atoms with E-state index in [9.17, 15) is 9.18 Å². The topological polar surface area (TPSA) is 60.2 Å². The number of aromatic nitrogens is 3. The van der Waals surface area contributed by atoms with Crippen molar-refractivity contribution in [3.05, 3.63) is 45.5 Å². The lowest BCUT2D eigenvalue weighted by Crippen LogP contribution is -2.43. The molecule has 0 bridgehead atoms. The molecule has 0 radical (unpaired) electrons. The number of nitrogens with zero attached hydrogens (tertiary/aromatic N) is 4. The van der Waals surface area contributed by atoms with Crippen LogP contribution in [0.15, 0.2) is 24.4 Å². The molecule has 4 rings (SSSR count). The summed E-state index contributed by atoms with van der Waals surface area (Å²) in [6.07, 6.45) is 3.08. The van der Waals surface area contributed by atoms with Crippen LogP contribution in [0.1, 0.15) is 33.6 Å². The number of ether oxygens (including phenoxy) is 1. The van der Waals surface area contributed by atoms with Crippen molar-refractivity contribution >= 4 is 51.9 Å². The zero-order valence-electron chi connectivity index (χ0n) is 18.5. The Kier molecular flexibility index (Phi) is 6.76. The molecule has 0 unspecified atom stereocenters.